The number of nitrogens with one attached hydrogen (secondary N) is 2. The molecular weight excluding hydrogens is 306 g/mol. The number of ether oxygens (including phenoxy) is 1. The van der Waals surface area contributed by atoms with Crippen LogP contribution in [0.2, 0.25) is 0 Å². The summed E-state index contributed by atoms with van der Waals surface area (Å²) in [5.74, 6) is -0.0512. The Morgan fingerprint density at radius 2 is 2.12 bits per heavy atom. The highest BCUT2D eigenvalue weighted by molar-refractivity contribution is 6.05. The van der Waals surface area contributed by atoms with Gasteiger partial charge in [-0.15, -0.1) is 0 Å². The van der Waals surface area contributed by atoms with E-state index in [1.165, 1.54) is 0 Å². The molecule has 0 aliphatic rings. The minimum Gasteiger partial charge on any atom is -0.497 e. The first-order chi connectivity index (χ1) is 11.5. The number of methoxy groups -OCH3 is 1. The molecule has 0 aliphatic heterocycles. The SMILES string of the molecule is COc1ccc2c(-n3cc(C)c(C(=O)NC(=N)N)c3)ccnc2c1. The summed E-state index contributed by atoms with van der Waals surface area (Å²) in [5.41, 5.74) is 8.17. The highest BCUT2D eigenvalue weighted by Crippen LogP contribution is 2.26. The van der Waals surface area contributed by atoms with Crippen LogP contribution in [0.4, 0.5) is 0 Å². The van der Waals surface area contributed by atoms with Crippen molar-refractivity contribution >= 4 is 22.8 Å². The number of carbonyl (C=O) groups is 1. The number of benzene rings is 1. The second-order valence-corrected chi connectivity index (χ2v) is 5.34. The molecule has 122 valence electrons. The molecule has 2 heterocycles. The van der Waals surface area contributed by atoms with Crippen LogP contribution in [0.25, 0.3) is 16.6 Å². The number of pyridine rings is 1. The van der Waals surface area contributed by atoms with Crippen LogP contribution in [-0.2, 0) is 0 Å². The summed E-state index contributed by atoms with van der Waals surface area (Å²) in [6.07, 6.45) is 5.28. The lowest BCUT2D eigenvalue weighted by Crippen LogP contribution is -2.35. The van der Waals surface area contributed by atoms with E-state index in [0.717, 1.165) is 27.9 Å². The number of hydrogen-bond acceptors (Lipinski definition) is 4. The van der Waals surface area contributed by atoms with Gasteiger partial charge in [-0.3, -0.25) is 20.5 Å². The number of amides is 1. The summed E-state index contributed by atoms with van der Waals surface area (Å²) >= 11 is 0. The molecule has 1 amide bonds. The third-order valence-electron chi connectivity index (χ3n) is 3.72. The lowest BCUT2D eigenvalue weighted by molar-refractivity contribution is 0.0976. The summed E-state index contributed by atoms with van der Waals surface area (Å²) in [6.45, 7) is 1.83. The predicted molar refractivity (Wildman–Crippen MR) is 91.7 cm³/mol. The van der Waals surface area contributed by atoms with Gasteiger partial charge in [0.05, 0.1) is 23.9 Å². The Kier molecular flexibility index (Phi) is 3.91. The van der Waals surface area contributed by atoms with Gasteiger partial charge in [0.15, 0.2) is 5.96 Å². The highest BCUT2D eigenvalue weighted by Gasteiger charge is 2.14. The van der Waals surface area contributed by atoms with Crippen molar-refractivity contribution in [3.63, 3.8) is 0 Å². The predicted octanol–water partition coefficient (Wildman–Crippen LogP) is 1.97. The lowest BCUT2D eigenvalue weighted by atomic mass is 10.2. The van der Waals surface area contributed by atoms with E-state index in [1.807, 2.05) is 42.0 Å². The van der Waals surface area contributed by atoms with E-state index >= 15 is 0 Å². The molecule has 0 saturated carbocycles. The number of hydrogen-bond donors (Lipinski definition) is 3. The monoisotopic (exact) mass is 323 g/mol. The third kappa shape index (κ3) is 2.79. The molecule has 0 fully saturated rings. The van der Waals surface area contributed by atoms with Crippen LogP contribution in [-0.4, -0.2) is 28.5 Å². The first kappa shape index (κ1) is 15.5. The molecule has 24 heavy (non-hydrogen) atoms. The molecule has 3 aromatic rings. The average Bonchev–Trinajstić information content (AvgIpc) is 2.95. The summed E-state index contributed by atoms with van der Waals surface area (Å²) in [5, 5.41) is 10.4. The zero-order chi connectivity index (χ0) is 17.3. The maximum atomic E-state index is 12.1. The minimum absolute atomic E-state index is 0.381. The van der Waals surface area contributed by atoms with Gasteiger partial charge in [0.2, 0.25) is 0 Å². The van der Waals surface area contributed by atoms with Crippen molar-refractivity contribution in [1.82, 2.24) is 14.9 Å². The molecule has 0 saturated heterocycles. The largest absolute Gasteiger partial charge is 0.497 e. The topological polar surface area (TPSA) is 106 Å². The van der Waals surface area contributed by atoms with Crippen LogP contribution in [0.15, 0.2) is 42.9 Å². The normalized spacial score (nSPS) is 10.6. The molecule has 7 nitrogen and oxygen atoms in total. The second-order valence-electron chi connectivity index (χ2n) is 5.34. The van der Waals surface area contributed by atoms with Gasteiger partial charge >= 0.3 is 0 Å². The van der Waals surface area contributed by atoms with Gasteiger partial charge in [0.1, 0.15) is 5.75 Å². The van der Waals surface area contributed by atoms with Gasteiger partial charge < -0.3 is 15.0 Å². The van der Waals surface area contributed by atoms with E-state index in [0.29, 0.717) is 5.56 Å². The Bertz CT molecular complexity index is 945. The van der Waals surface area contributed by atoms with E-state index in [2.05, 4.69) is 10.3 Å². The maximum absolute atomic E-state index is 12.1. The van der Waals surface area contributed by atoms with E-state index in [1.54, 1.807) is 19.5 Å². The Balaban J connectivity index is 2.08. The van der Waals surface area contributed by atoms with E-state index in [4.69, 9.17) is 15.9 Å². The van der Waals surface area contributed by atoms with Crippen molar-refractivity contribution in [3.8, 4) is 11.4 Å². The van der Waals surface area contributed by atoms with E-state index < -0.39 is 5.91 Å². The van der Waals surface area contributed by atoms with Crippen LogP contribution in [0.5, 0.6) is 5.75 Å². The minimum atomic E-state index is -0.404. The Hall–Kier alpha value is -3.35. The van der Waals surface area contributed by atoms with Crippen LogP contribution in [0, 0.1) is 12.3 Å². The molecule has 0 spiro atoms. The molecule has 0 radical (unpaired) electrons. The van der Waals surface area contributed by atoms with Gasteiger partial charge in [-0.05, 0) is 30.7 Å². The summed E-state index contributed by atoms with van der Waals surface area (Å²) < 4.78 is 7.09. The molecule has 0 atom stereocenters. The molecule has 0 bridgehead atoms. The molecule has 0 aliphatic carbocycles. The average molecular weight is 323 g/mol. The first-order valence-corrected chi connectivity index (χ1v) is 7.26. The fourth-order valence-electron chi connectivity index (χ4n) is 2.59. The quantitative estimate of drug-likeness (QED) is 0.506. The Morgan fingerprint density at radius 3 is 2.83 bits per heavy atom. The first-order valence-electron chi connectivity index (χ1n) is 7.26. The molecule has 3 rings (SSSR count). The van der Waals surface area contributed by atoms with Crippen LogP contribution in [0.3, 0.4) is 0 Å². The van der Waals surface area contributed by atoms with Gasteiger partial charge in [0, 0.05) is 30.0 Å². The van der Waals surface area contributed by atoms with Crippen LogP contribution < -0.4 is 15.8 Å². The molecule has 4 N–H and O–H groups in total. The van der Waals surface area contributed by atoms with Crippen LogP contribution in [0.1, 0.15) is 15.9 Å². The van der Waals surface area contributed by atoms with Crippen molar-refractivity contribution in [2.45, 2.75) is 6.92 Å². The highest BCUT2D eigenvalue weighted by atomic mass is 16.5. The fraction of sp³-hybridized carbons (Fsp3) is 0.118. The van der Waals surface area contributed by atoms with E-state index in [-0.39, 0.29) is 5.96 Å². The lowest BCUT2D eigenvalue weighted by Gasteiger charge is -2.08. The number of aryl methyl sites for hydroxylation is 1. The molecule has 2 aromatic heterocycles. The number of rotatable bonds is 3. The van der Waals surface area contributed by atoms with Gasteiger partial charge in [-0.25, -0.2) is 0 Å². The van der Waals surface area contributed by atoms with E-state index in [9.17, 15) is 4.79 Å². The summed E-state index contributed by atoms with van der Waals surface area (Å²) in [4.78, 5) is 16.5. The summed E-state index contributed by atoms with van der Waals surface area (Å²) in [7, 11) is 1.61. The van der Waals surface area contributed by atoms with Crippen molar-refractivity contribution in [2.75, 3.05) is 7.11 Å². The number of guanidine groups is 1. The fourth-order valence-corrected chi connectivity index (χ4v) is 2.59. The van der Waals surface area contributed by atoms with Crippen molar-refractivity contribution in [3.05, 3.63) is 54.0 Å². The number of aromatic nitrogens is 2. The standard InChI is InChI=1S/C17H17N5O2/c1-10-8-22(9-13(10)16(23)21-17(18)19)15-5-6-20-14-7-11(24-2)3-4-12(14)15/h3-9H,1-2H3,(H4,18,19,21,23). The molecular formula is C17H17N5O2. The van der Waals surface area contributed by atoms with Crippen molar-refractivity contribution in [1.29, 1.82) is 5.41 Å². The number of nitrogens with zero attached hydrogens (tertiary/aromatic N) is 2. The van der Waals surface area contributed by atoms with Gasteiger partial charge in [-0.1, -0.05) is 0 Å². The van der Waals surface area contributed by atoms with Crippen LogP contribution >= 0.6 is 0 Å². The van der Waals surface area contributed by atoms with Gasteiger partial charge in [-0.2, -0.15) is 0 Å². The smallest absolute Gasteiger partial charge is 0.259 e. The van der Waals surface area contributed by atoms with Crippen molar-refractivity contribution in [2.24, 2.45) is 5.73 Å². The molecule has 1 aromatic carbocycles. The molecule has 0 unspecified atom stereocenters. The maximum Gasteiger partial charge on any atom is 0.259 e. The summed E-state index contributed by atoms with van der Waals surface area (Å²) in [6, 6.07) is 7.54. The number of fused-ring (bicyclic) bond motifs is 1. The number of carbonyl (C=O) groups excluding carboxylic acids is 1. The van der Waals surface area contributed by atoms with Gasteiger partial charge in [0.25, 0.3) is 5.91 Å². The zero-order valence-electron chi connectivity index (χ0n) is 13.3. The zero-order valence-corrected chi connectivity index (χ0v) is 13.3. The number of nitrogens with two attached hydrogens (primary N) is 1. The Labute approximate surface area is 138 Å². The third-order valence-corrected chi connectivity index (χ3v) is 3.72. The van der Waals surface area contributed by atoms with Crippen molar-refractivity contribution < 1.29 is 9.53 Å². The second kappa shape index (κ2) is 6.04. The Morgan fingerprint density at radius 1 is 1.33 bits per heavy atom. The molecule has 7 heteroatoms.